The largest absolute Gasteiger partial charge is 0.339 e. The minimum absolute atomic E-state index is 0.212. The van der Waals surface area contributed by atoms with Crippen LogP contribution in [0.4, 0.5) is 5.95 Å². The predicted molar refractivity (Wildman–Crippen MR) is 103 cm³/mol. The Morgan fingerprint density at radius 1 is 1.19 bits per heavy atom. The first-order valence-electron chi connectivity index (χ1n) is 9.60. The summed E-state index contributed by atoms with van der Waals surface area (Å²) < 4.78 is 4.78. The molecule has 3 heterocycles. The van der Waals surface area contributed by atoms with Crippen molar-refractivity contribution < 1.29 is 0 Å². The maximum Gasteiger partial charge on any atom is 0.332 e. The van der Waals surface area contributed by atoms with E-state index in [-0.39, 0.29) is 17.8 Å². The molecule has 0 N–H and O–H groups in total. The van der Waals surface area contributed by atoms with Gasteiger partial charge in [0.25, 0.3) is 5.56 Å². The van der Waals surface area contributed by atoms with Gasteiger partial charge in [-0.3, -0.25) is 13.9 Å². The van der Waals surface area contributed by atoms with Gasteiger partial charge in [-0.2, -0.15) is 4.98 Å². The van der Waals surface area contributed by atoms with Crippen LogP contribution in [0.25, 0.3) is 11.2 Å². The standard InChI is InChI=1S/C19H27N5O2/c1-4-10-22-17(25)15-16(21(3)19(22)26)20-18-23(11-13(2)12-24(15)18)14-8-6-5-7-9-14/h4,13-14H,1,5-12H2,2-3H3/t13-/m0/s1. The van der Waals surface area contributed by atoms with Gasteiger partial charge in [0.15, 0.2) is 11.2 Å². The Labute approximate surface area is 152 Å². The van der Waals surface area contributed by atoms with Gasteiger partial charge in [-0.15, -0.1) is 6.58 Å². The van der Waals surface area contributed by atoms with Crippen molar-refractivity contribution in [2.75, 3.05) is 11.4 Å². The van der Waals surface area contributed by atoms with E-state index in [1.807, 2.05) is 4.57 Å². The number of hydrogen-bond acceptors (Lipinski definition) is 4. The van der Waals surface area contributed by atoms with Gasteiger partial charge < -0.3 is 9.47 Å². The van der Waals surface area contributed by atoms with E-state index in [0.29, 0.717) is 23.1 Å². The summed E-state index contributed by atoms with van der Waals surface area (Å²) >= 11 is 0. The lowest BCUT2D eigenvalue weighted by Gasteiger charge is -2.40. The van der Waals surface area contributed by atoms with Crippen molar-refractivity contribution in [3.05, 3.63) is 33.5 Å². The zero-order valence-electron chi connectivity index (χ0n) is 15.6. The van der Waals surface area contributed by atoms with Gasteiger partial charge in [0.1, 0.15) is 0 Å². The molecule has 2 aromatic rings. The van der Waals surface area contributed by atoms with Gasteiger partial charge in [-0.25, -0.2) is 4.79 Å². The van der Waals surface area contributed by atoms with E-state index in [9.17, 15) is 9.59 Å². The van der Waals surface area contributed by atoms with Crippen LogP contribution in [-0.2, 0) is 20.1 Å². The van der Waals surface area contributed by atoms with E-state index >= 15 is 0 Å². The summed E-state index contributed by atoms with van der Waals surface area (Å²) in [5, 5.41) is 0. The zero-order valence-corrected chi connectivity index (χ0v) is 15.6. The minimum atomic E-state index is -0.338. The van der Waals surface area contributed by atoms with Crippen molar-refractivity contribution in [2.45, 2.75) is 58.2 Å². The van der Waals surface area contributed by atoms with E-state index in [4.69, 9.17) is 4.98 Å². The molecule has 2 aliphatic rings. The lowest BCUT2D eigenvalue weighted by molar-refractivity contribution is 0.354. The maximum atomic E-state index is 13.0. The molecule has 4 rings (SSSR count). The molecule has 0 spiro atoms. The topological polar surface area (TPSA) is 65.1 Å². The Bertz CT molecular complexity index is 961. The summed E-state index contributed by atoms with van der Waals surface area (Å²) in [4.78, 5) is 32.8. The van der Waals surface area contributed by atoms with Crippen LogP contribution in [-0.4, -0.2) is 31.3 Å². The van der Waals surface area contributed by atoms with Crippen LogP contribution in [0.3, 0.4) is 0 Å². The van der Waals surface area contributed by atoms with E-state index in [1.165, 1.54) is 41.2 Å². The number of aryl methyl sites for hydroxylation is 1. The Morgan fingerprint density at radius 3 is 2.62 bits per heavy atom. The van der Waals surface area contributed by atoms with Gasteiger partial charge in [-0.05, 0) is 18.8 Å². The summed E-state index contributed by atoms with van der Waals surface area (Å²) in [6.45, 7) is 7.82. The van der Waals surface area contributed by atoms with Crippen LogP contribution in [0.2, 0.25) is 0 Å². The van der Waals surface area contributed by atoms with Crippen molar-refractivity contribution in [1.29, 1.82) is 0 Å². The van der Waals surface area contributed by atoms with Gasteiger partial charge in [0, 0.05) is 32.7 Å². The lowest BCUT2D eigenvalue weighted by Crippen LogP contribution is -2.45. The lowest BCUT2D eigenvalue weighted by atomic mass is 9.93. The average Bonchev–Trinajstić information content (AvgIpc) is 3.03. The van der Waals surface area contributed by atoms with Crippen LogP contribution in [0, 0.1) is 5.92 Å². The molecule has 0 aromatic carbocycles. The first-order valence-corrected chi connectivity index (χ1v) is 9.60. The van der Waals surface area contributed by atoms with Gasteiger partial charge in [-0.1, -0.05) is 32.3 Å². The average molecular weight is 357 g/mol. The van der Waals surface area contributed by atoms with Crippen LogP contribution in [0.15, 0.2) is 22.2 Å². The smallest absolute Gasteiger partial charge is 0.332 e. The number of nitrogens with zero attached hydrogens (tertiary/aromatic N) is 5. The number of aromatic nitrogens is 4. The molecule has 2 aromatic heterocycles. The van der Waals surface area contributed by atoms with Crippen molar-refractivity contribution in [3.63, 3.8) is 0 Å². The number of imidazole rings is 1. The highest BCUT2D eigenvalue weighted by atomic mass is 16.2. The molecular weight excluding hydrogens is 330 g/mol. The first kappa shape index (κ1) is 17.1. The summed E-state index contributed by atoms with van der Waals surface area (Å²) in [7, 11) is 1.69. The molecule has 140 valence electrons. The number of rotatable bonds is 3. The molecule has 1 atom stereocenters. The molecule has 26 heavy (non-hydrogen) atoms. The minimum Gasteiger partial charge on any atom is -0.339 e. The predicted octanol–water partition coefficient (Wildman–Crippen LogP) is 1.87. The van der Waals surface area contributed by atoms with Crippen LogP contribution >= 0.6 is 0 Å². The molecule has 1 aliphatic heterocycles. The van der Waals surface area contributed by atoms with Crippen LogP contribution < -0.4 is 16.1 Å². The third kappa shape index (κ3) is 2.52. The fourth-order valence-electron chi connectivity index (χ4n) is 4.53. The third-order valence-electron chi connectivity index (χ3n) is 5.80. The molecule has 0 saturated heterocycles. The Morgan fingerprint density at radius 2 is 1.92 bits per heavy atom. The van der Waals surface area contributed by atoms with Crippen LogP contribution in [0.5, 0.6) is 0 Å². The van der Waals surface area contributed by atoms with E-state index in [2.05, 4.69) is 18.4 Å². The van der Waals surface area contributed by atoms with Crippen molar-refractivity contribution in [1.82, 2.24) is 18.7 Å². The fourth-order valence-corrected chi connectivity index (χ4v) is 4.53. The highest BCUT2D eigenvalue weighted by molar-refractivity contribution is 5.75. The molecule has 1 saturated carbocycles. The SMILES string of the molecule is C=CCn1c(=O)c2c(nc3n2C[C@@H](C)CN3C2CCCCC2)n(C)c1=O. The number of fused-ring (bicyclic) bond motifs is 3. The van der Waals surface area contributed by atoms with E-state index < -0.39 is 0 Å². The van der Waals surface area contributed by atoms with Crippen molar-refractivity contribution in [3.8, 4) is 0 Å². The summed E-state index contributed by atoms with van der Waals surface area (Å²) in [6, 6.07) is 0.481. The summed E-state index contributed by atoms with van der Waals surface area (Å²) in [5.74, 6) is 1.29. The Hall–Kier alpha value is -2.31. The molecule has 7 nitrogen and oxygen atoms in total. The molecule has 0 amide bonds. The third-order valence-corrected chi connectivity index (χ3v) is 5.80. The highest BCUT2D eigenvalue weighted by Gasteiger charge is 2.33. The molecule has 1 aliphatic carbocycles. The normalized spacial score (nSPS) is 21.2. The number of allylic oxidation sites excluding steroid dienone is 1. The van der Waals surface area contributed by atoms with Crippen LogP contribution in [0.1, 0.15) is 39.0 Å². The molecule has 0 unspecified atom stereocenters. The second-order valence-electron chi connectivity index (χ2n) is 7.79. The second-order valence-corrected chi connectivity index (χ2v) is 7.79. The second kappa shape index (κ2) is 6.45. The highest BCUT2D eigenvalue weighted by Crippen LogP contribution is 2.32. The van der Waals surface area contributed by atoms with E-state index in [1.54, 1.807) is 13.1 Å². The quantitative estimate of drug-likeness (QED) is 0.787. The Kier molecular flexibility index (Phi) is 4.25. The number of hydrogen-bond donors (Lipinski definition) is 0. The number of anilines is 1. The van der Waals surface area contributed by atoms with Crippen molar-refractivity contribution >= 4 is 17.1 Å². The monoisotopic (exact) mass is 357 g/mol. The first-order chi connectivity index (χ1) is 12.5. The molecular formula is C19H27N5O2. The van der Waals surface area contributed by atoms with Gasteiger partial charge in [0.2, 0.25) is 5.95 Å². The van der Waals surface area contributed by atoms with E-state index in [0.717, 1.165) is 19.0 Å². The summed E-state index contributed by atoms with van der Waals surface area (Å²) in [6.07, 6.45) is 7.74. The fraction of sp³-hybridized carbons (Fsp3) is 0.632. The zero-order chi connectivity index (χ0) is 18.4. The summed E-state index contributed by atoms with van der Waals surface area (Å²) in [5.41, 5.74) is 0.427. The maximum absolute atomic E-state index is 13.0. The molecule has 0 bridgehead atoms. The Balaban J connectivity index is 1.95. The van der Waals surface area contributed by atoms with Crippen molar-refractivity contribution in [2.24, 2.45) is 13.0 Å². The van der Waals surface area contributed by atoms with Gasteiger partial charge in [0.05, 0.1) is 0 Å². The molecule has 1 fully saturated rings. The van der Waals surface area contributed by atoms with Gasteiger partial charge >= 0.3 is 5.69 Å². The molecule has 7 heteroatoms. The molecule has 0 radical (unpaired) electrons.